The molecule has 0 unspecified atom stereocenters. The van der Waals surface area contributed by atoms with Crippen molar-refractivity contribution in [3.63, 3.8) is 0 Å². The van der Waals surface area contributed by atoms with Crippen LogP contribution in [-0.2, 0) is 6.61 Å². The fraction of sp³-hybridized carbons (Fsp3) is 0.0714. The minimum Gasteiger partial charge on any atom is -0.478 e. The molecule has 0 aromatic heterocycles. The molecule has 4 heteroatoms. The van der Waals surface area contributed by atoms with E-state index in [4.69, 9.17) is 10.2 Å². The number of carboxylic acid groups (broad SMARTS) is 1. The standard InChI is InChI=1S/C14H11FO3/c15-12-3-1-2-11(13(12)14(17)18)10-6-4-9(8-16)5-7-10/h1-7,16H,8H2,(H,17,18). The summed E-state index contributed by atoms with van der Waals surface area (Å²) in [6.45, 7) is -0.0881. The van der Waals surface area contributed by atoms with Crippen molar-refractivity contribution in [3.05, 3.63) is 59.4 Å². The molecule has 3 nitrogen and oxygen atoms in total. The Balaban J connectivity index is 2.56. The van der Waals surface area contributed by atoms with Gasteiger partial charge in [-0.25, -0.2) is 9.18 Å². The first kappa shape index (κ1) is 12.3. The van der Waals surface area contributed by atoms with Gasteiger partial charge in [0.25, 0.3) is 0 Å². The van der Waals surface area contributed by atoms with E-state index in [0.717, 1.165) is 6.07 Å². The van der Waals surface area contributed by atoms with Crippen molar-refractivity contribution >= 4 is 5.97 Å². The van der Waals surface area contributed by atoms with Gasteiger partial charge in [0.05, 0.1) is 6.61 Å². The van der Waals surface area contributed by atoms with Crippen LogP contribution in [0.2, 0.25) is 0 Å². The maximum Gasteiger partial charge on any atom is 0.339 e. The predicted octanol–water partition coefficient (Wildman–Crippen LogP) is 2.68. The molecule has 18 heavy (non-hydrogen) atoms. The minimum absolute atomic E-state index is 0.0881. The smallest absolute Gasteiger partial charge is 0.339 e. The molecule has 0 saturated heterocycles. The molecule has 2 rings (SSSR count). The molecule has 0 spiro atoms. The Morgan fingerprint density at radius 3 is 2.33 bits per heavy atom. The Bertz CT molecular complexity index is 576. The lowest BCUT2D eigenvalue weighted by molar-refractivity contribution is 0.0693. The van der Waals surface area contributed by atoms with E-state index in [-0.39, 0.29) is 12.2 Å². The molecule has 0 radical (unpaired) electrons. The van der Waals surface area contributed by atoms with Crippen LogP contribution in [0.4, 0.5) is 4.39 Å². The molecule has 2 aromatic rings. The molecule has 0 saturated carbocycles. The van der Waals surface area contributed by atoms with Gasteiger partial charge in [0.2, 0.25) is 0 Å². The van der Waals surface area contributed by atoms with E-state index in [1.807, 2.05) is 0 Å². The molecule has 92 valence electrons. The van der Waals surface area contributed by atoms with E-state index in [9.17, 15) is 9.18 Å². The lowest BCUT2D eigenvalue weighted by Crippen LogP contribution is -2.03. The Hall–Kier alpha value is -2.20. The fourth-order valence-electron chi connectivity index (χ4n) is 1.77. The second kappa shape index (κ2) is 4.98. The number of rotatable bonds is 3. The molecule has 0 fully saturated rings. The predicted molar refractivity (Wildman–Crippen MR) is 64.7 cm³/mol. The van der Waals surface area contributed by atoms with Crippen molar-refractivity contribution < 1.29 is 19.4 Å². The number of carbonyl (C=O) groups is 1. The number of aliphatic hydroxyl groups excluding tert-OH is 1. The highest BCUT2D eigenvalue weighted by atomic mass is 19.1. The first-order valence-corrected chi connectivity index (χ1v) is 5.35. The fourth-order valence-corrected chi connectivity index (χ4v) is 1.77. The van der Waals surface area contributed by atoms with Crippen molar-refractivity contribution in [3.8, 4) is 11.1 Å². The van der Waals surface area contributed by atoms with Crippen LogP contribution in [0.3, 0.4) is 0 Å². The number of aliphatic hydroxyl groups is 1. The molecule has 0 aliphatic rings. The van der Waals surface area contributed by atoms with Crippen LogP contribution in [0.1, 0.15) is 15.9 Å². The van der Waals surface area contributed by atoms with Gasteiger partial charge in [0.15, 0.2) is 0 Å². The van der Waals surface area contributed by atoms with Gasteiger partial charge in [0, 0.05) is 0 Å². The normalized spacial score (nSPS) is 10.3. The Kier molecular flexibility index (Phi) is 3.39. The van der Waals surface area contributed by atoms with Crippen molar-refractivity contribution in [1.82, 2.24) is 0 Å². The third-order valence-corrected chi connectivity index (χ3v) is 2.67. The van der Waals surface area contributed by atoms with Crippen LogP contribution in [0.5, 0.6) is 0 Å². The first-order chi connectivity index (χ1) is 8.63. The van der Waals surface area contributed by atoms with Gasteiger partial charge in [-0.3, -0.25) is 0 Å². The SMILES string of the molecule is O=C(O)c1c(F)cccc1-c1ccc(CO)cc1. The van der Waals surface area contributed by atoms with Crippen molar-refractivity contribution in [2.45, 2.75) is 6.61 Å². The van der Waals surface area contributed by atoms with Gasteiger partial charge in [-0.1, -0.05) is 36.4 Å². The van der Waals surface area contributed by atoms with Crippen molar-refractivity contribution in [2.75, 3.05) is 0 Å². The molecule has 0 bridgehead atoms. The average molecular weight is 246 g/mol. The van der Waals surface area contributed by atoms with Gasteiger partial charge in [-0.15, -0.1) is 0 Å². The maximum absolute atomic E-state index is 13.5. The Labute approximate surface area is 103 Å². The lowest BCUT2D eigenvalue weighted by atomic mass is 9.98. The number of halogens is 1. The van der Waals surface area contributed by atoms with Crippen LogP contribution >= 0.6 is 0 Å². The second-order valence-corrected chi connectivity index (χ2v) is 3.82. The summed E-state index contributed by atoms with van der Waals surface area (Å²) in [5.74, 6) is -2.06. The van der Waals surface area contributed by atoms with Gasteiger partial charge in [-0.2, -0.15) is 0 Å². The third kappa shape index (κ3) is 2.24. The number of benzene rings is 2. The van der Waals surface area contributed by atoms with Crippen LogP contribution in [0.25, 0.3) is 11.1 Å². The van der Waals surface area contributed by atoms with E-state index >= 15 is 0 Å². The molecule has 0 aliphatic carbocycles. The summed E-state index contributed by atoms with van der Waals surface area (Å²) in [6.07, 6.45) is 0. The highest BCUT2D eigenvalue weighted by Crippen LogP contribution is 2.26. The molecular weight excluding hydrogens is 235 g/mol. The second-order valence-electron chi connectivity index (χ2n) is 3.82. The molecule has 0 heterocycles. The average Bonchev–Trinajstić information content (AvgIpc) is 2.38. The van der Waals surface area contributed by atoms with Gasteiger partial charge < -0.3 is 10.2 Å². The third-order valence-electron chi connectivity index (χ3n) is 2.67. The van der Waals surface area contributed by atoms with Crippen molar-refractivity contribution in [2.24, 2.45) is 0 Å². The molecular formula is C14H11FO3. The Morgan fingerprint density at radius 2 is 1.78 bits per heavy atom. The van der Waals surface area contributed by atoms with Crippen LogP contribution in [0.15, 0.2) is 42.5 Å². The molecule has 0 atom stereocenters. The zero-order valence-corrected chi connectivity index (χ0v) is 9.43. The number of carboxylic acids is 1. The molecule has 2 N–H and O–H groups in total. The molecule has 0 amide bonds. The van der Waals surface area contributed by atoms with E-state index in [1.54, 1.807) is 30.3 Å². The minimum atomic E-state index is -1.30. The van der Waals surface area contributed by atoms with E-state index in [2.05, 4.69) is 0 Å². The van der Waals surface area contributed by atoms with Crippen LogP contribution < -0.4 is 0 Å². The largest absolute Gasteiger partial charge is 0.478 e. The zero-order valence-electron chi connectivity index (χ0n) is 9.43. The van der Waals surface area contributed by atoms with Crippen LogP contribution in [0, 0.1) is 5.82 Å². The number of hydrogen-bond donors (Lipinski definition) is 2. The lowest BCUT2D eigenvalue weighted by Gasteiger charge is -2.07. The van der Waals surface area contributed by atoms with Gasteiger partial charge in [0.1, 0.15) is 11.4 Å². The zero-order chi connectivity index (χ0) is 13.1. The summed E-state index contributed by atoms with van der Waals surface area (Å²) >= 11 is 0. The van der Waals surface area contributed by atoms with Gasteiger partial charge >= 0.3 is 5.97 Å². The van der Waals surface area contributed by atoms with E-state index in [1.165, 1.54) is 6.07 Å². The molecule has 0 aliphatic heterocycles. The van der Waals surface area contributed by atoms with E-state index < -0.39 is 11.8 Å². The first-order valence-electron chi connectivity index (χ1n) is 5.35. The summed E-state index contributed by atoms with van der Waals surface area (Å²) in [5, 5.41) is 18.0. The van der Waals surface area contributed by atoms with E-state index in [0.29, 0.717) is 16.7 Å². The maximum atomic E-state index is 13.5. The topological polar surface area (TPSA) is 57.5 Å². The summed E-state index contributed by atoms with van der Waals surface area (Å²) in [6, 6.07) is 10.8. The van der Waals surface area contributed by atoms with Gasteiger partial charge in [-0.05, 0) is 22.8 Å². The van der Waals surface area contributed by atoms with Crippen molar-refractivity contribution in [1.29, 1.82) is 0 Å². The Morgan fingerprint density at radius 1 is 1.11 bits per heavy atom. The number of hydrogen-bond acceptors (Lipinski definition) is 2. The quantitative estimate of drug-likeness (QED) is 0.875. The highest BCUT2D eigenvalue weighted by molar-refractivity contribution is 5.96. The monoisotopic (exact) mass is 246 g/mol. The number of aromatic carboxylic acids is 1. The summed E-state index contributed by atoms with van der Waals surface area (Å²) in [7, 11) is 0. The summed E-state index contributed by atoms with van der Waals surface area (Å²) in [5.41, 5.74) is 1.30. The summed E-state index contributed by atoms with van der Waals surface area (Å²) in [4.78, 5) is 11.1. The highest BCUT2D eigenvalue weighted by Gasteiger charge is 2.16. The molecule has 2 aromatic carbocycles. The summed E-state index contributed by atoms with van der Waals surface area (Å²) < 4.78 is 13.5. The van der Waals surface area contributed by atoms with Crippen LogP contribution in [-0.4, -0.2) is 16.2 Å².